The fourth-order valence-electron chi connectivity index (χ4n) is 3.53. The lowest BCUT2D eigenvalue weighted by Gasteiger charge is -2.16. The van der Waals surface area contributed by atoms with Gasteiger partial charge in [-0.2, -0.15) is 0 Å². The Morgan fingerprint density at radius 1 is 1.07 bits per heavy atom. The predicted octanol–water partition coefficient (Wildman–Crippen LogP) is 3.47. The van der Waals surface area contributed by atoms with Gasteiger partial charge in [0.2, 0.25) is 11.9 Å². The van der Waals surface area contributed by atoms with Crippen LogP contribution in [0.25, 0.3) is 21.8 Å². The summed E-state index contributed by atoms with van der Waals surface area (Å²) in [5.74, 6) is 0.481. The van der Waals surface area contributed by atoms with Crippen molar-refractivity contribution in [3.05, 3.63) is 72.3 Å². The summed E-state index contributed by atoms with van der Waals surface area (Å²) in [7, 11) is 0. The van der Waals surface area contributed by atoms with E-state index in [1.165, 1.54) is 5.39 Å². The number of aliphatic hydroxyl groups is 1. The van der Waals surface area contributed by atoms with Crippen molar-refractivity contribution >= 4 is 33.7 Å². The number of hydrogen-bond donors (Lipinski definition) is 3. The Morgan fingerprint density at radius 2 is 1.83 bits per heavy atom. The largest absolute Gasteiger partial charge is 0.395 e. The molecule has 3 aromatic carbocycles. The van der Waals surface area contributed by atoms with Crippen LogP contribution in [-0.4, -0.2) is 33.7 Å². The smallest absolute Gasteiger partial charge is 0.240 e. The maximum Gasteiger partial charge on any atom is 0.240 e. The van der Waals surface area contributed by atoms with E-state index in [4.69, 9.17) is 5.11 Å². The molecule has 0 saturated heterocycles. The van der Waals surface area contributed by atoms with Gasteiger partial charge in [0.25, 0.3) is 0 Å². The van der Waals surface area contributed by atoms with Crippen LogP contribution in [0.1, 0.15) is 18.5 Å². The molecule has 1 unspecified atom stereocenters. The number of fused-ring (bicyclic) bond motifs is 2. The molecular formula is C23H24N4O2. The van der Waals surface area contributed by atoms with Crippen LogP contribution in [0.3, 0.4) is 0 Å². The summed E-state index contributed by atoms with van der Waals surface area (Å²) < 4.78 is 1.84. The molecule has 1 amide bonds. The average Bonchev–Trinajstić information content (AvgIpc) is 3.09. The molecular weight excluding hydrogens is 364 g/mol. The number of nitrogens with one attached hydrogen (secondary N) is 2. The van der Waals surface area contributed by atoms with E-state index < -0.39 is 0 Å². The first-order valence-electron chi connectivity index (χ1n) is 9.74. The zero-order valence-electron chi connectivity index (χ0n) is 16.3. The summed E-state index contributed by atoms with van der Waals surface area (Å²) in [6.07, 6.45) is 0. The van der Waals surface area contributed by atoms with Crippen LogP contribution in [0.4, 0.5) is 5.95 Å². The number of anilines is 1. The number of amides is 1. The molecule has 0 aliphatic carbocycles. The highest BCUT2D eigenvalue weighted by Crippen LogP contribution is 2.22. The highest BCUT2D eigenvalue weighted by molar-refractivity contribution is 5.85. The molecule has 0 aliphatic heterocycles. The molecule has 148 valence electrons. The van der Waals surface area contributed by atoms with Crippen molar-refractivity contribution in [1.29, 1.82) is 0 Å². The molecule has 4 aromatic rings. The maximum absolute atomic E-state index is 12.8. The first-order chi connectivity index (χ1) is 14.2. The number of aromatic nitrogens is 2. The second-order valence-corrected chi connectivity index (χ2v) is 7.06. The molecule has 0 aliphatic rings. The van der Waals surface area contributed by atoms with Gasteiger partial charge in [-0.15, -0.1) is 0 Å². The Kier molecular flexibility index (Phi) is 5.44. The fourth-order valence-corrected chi connectivity index (χ4v) is 3.53. The topological polar surface area (TPSA) is 79.2 Å². The number of para-hydroxylation sites is 2. The van der Waals surface area contributed by atoms with Crippen molar-refractivity contribution in [2.75, 3.05) is 18.5 Å². The van der Waals surface area contributed by atoms with Crippen LogP contribution in [0.2, 0.25) is 0 Å². The Hall–Kier alpha value is -3.38. The third kappa shape index (κ3) is 4.07. The van der Waals surface area contributed by atoms with E-state index >= 15 is 0 Å². The lowest BCUT2D eigenvalue weighted by molar-refractivity contribution is -0.122. The number of imidazole rings is 1. The van der Waals surface area contributed by atoms with Crippen LogP contribution < -0.4 is 10.6 Å². The maximum atomic E-state index is 12.8. The molecule has 1 heterocycles. The number of benzene rings is 3. The van der Waals surface area contributed by atoms with Gasteiger partial charge >= 0.3 is 0 Å². The first kappa shape index (κ1) is 19.0. The molecule has 0 spiro atoms. The van der Waals surface area contributed by atoms with Gasteiger partial charge in [-0.05, 0) is 41.5 Å². The second-order valence-electron chi connectivity index (χ2n) is 7.06. The van der Waals surface area contributed by atoms with Crippen molar-refractivity contribution in [2.24, 2.45) is 0 Å². The normalized spacial score (nSPS) is 12.2. The molecule has 3 N–H and O–H groups in total. The van der Waals surface area contributed by atoms with E-state index in [-0.39, 0.29) is 25.1 Å². The lowest BCUT2D eigenvalue weighted by Crippen LogP contribution is -2.30. The zero-order chi connectivity index (χ0) is 20.2. The highest BCUT2D eigenvalue weighted by atomic mass is 16.3. The minimum atomic E-state index is -0.115. The van der Waals surface area contributed by atoms with E-state index in [1.54, 1.807) is 0 Å². The van der Waals surface area contributed by atoms with Crippen LogP contribution in [0, 0.1) is 0 Å². The molecule has 0 bridgehead atoms. The van der Waals surface area contributed by atoms with Crippen LogP contribution in [0.15, 0.2) is 66.7 Å². The van der Waals surface area contributed by atoms with Crippen molar-refractivity contribution in [2.45, 2.75) is 19.5 Å². The van der Waals surface area contributed by atoms with Gasteiger partial charge in [0.05, 0.1) is 23.7 Å². The number of aliphatic hydroxyl groups excluding tert-OH is 1. The van der Waals surface area contributed by atoms with Gasteiger partial charge < -0.3 is 20.3 Å². The Bertz CT molecular complexity index is 1150. The van der Waals surface area contributed by atoms with Crippen molar-refractivity contribution in [3.63, 3.8) is 0 Å². The number of carbonyl (C=O) groups is 1. The van der Waals surface area contributed by atoms with Crippen molar-refractivity contribution < 1.29 is 9.90 Å². The van der Waals surface area contributed by atoms with Gasteiger partial charge in [0, 0.05) is 6.54 Å². The third-order valence-electron chi connectivity index (χ3n) is 5.00. The summed E-state index contributed by atoms with van der Waals surface area (Å²) in [6.45, 7) is 2.50. The number of nitrogens with zero attached hydrogens (tertiary/aromatic N) is 2. The molecule has 6 nitrogen and oxygen atoms in total. The lowest BCUT2D eigenvalue weighted by atomic mass is 10.0. The summed E-state index contributed by atoms with van der Waals surface area (Å²) >= 11 is 0. The minimum absolute atomic E-state index is 0.00556. The second kappa shape index (κ2) is 8.32. The molecule has 0 saturated carbocycles. The number of hydrogen-bond acceptors (Lipinski definition) is 4. The van der Waals surface area contributed by atoms with Gasteiger partial charge in [0.1, 0.15) is 6.54 Å². The minimum Gasteiger partial charge on any atom is -0.395 e. The summed E-state index contributed by atoms with van der Waals surface area (Å²) in [5, 5.41) is 17.6. The predicted molar refractivity (Wildman–Crippen MR) is 116 cm³/mol. The van der Waals surface area contributed by atoms with E-state index in [9.17, 15) is 4.79 Å². The van der Waals surface area contributed by atoms with Crippen LogP contribution >= 0.6 is 0 Å². The van der Waals surface area contributed by atoms with E-state index in [2.05, 4.69) is 39.9 Å². The molecule has 6 heteroatoms. The summed E-state index contributed by atoms with van der Waals surface area (Å²) in [6, 6.07) is 22.0. The average molecular weight is 388 g/mol. The molecule has 1 aromatic heterocycles. The zero-order valence-corrected chi connectivity index (χ0v) is 16.3. The number of rotatable bonds is 7. The number of carbonyl (C=O) groups excluding carboxylic acids is 1. The quantitative estimate of drug-likeness (QED) is 0.453. The summed E-state index contributed by atoms with van der Waals surface area (Å²) in [5.41, 5.74) is 2.75. The molecule has 1 atom stereocenters. The fraction of sp³-hybridized carbons (Fsp3) is 0.217. The molecule has 0 fully saturated rings. The van der Waals surface area contributed by atoms with Crippen LogP contribution in [-0.2, 0) is 11.3 Å². The highest BCUT2D eigenvalue weighted by Gasteiger charge is 2.15. The van der Waals surface area contributed by atoms with Crippen molar-refractivity contribution in [1.82, 2.24) is 14.9 Å². The molecule has 4 rings (SSSR count). The van der Waals surface area contributed by atoms with Crippen molar-refractivity contribution in [3.8, 4) is 0 Å². The van der Waals surface area contributed by atoms with Crippen LogP contribution in [0.5, 0.6) is 0 Å². The van der Waals surface area contributed by atoms with Gasteiger partial charge in [-0.25, -0.2) is 4.98 Å². The van der Waals surface area contributed by atoms with Gasteiger partial charge in [-0.3, -0.25) is 4.79 Å². The molecule has 0 radical (unpaired) electrons. The van der Waals surface area contributed by atoms with E-state index in [0.29, 0.717) is 12.5 Å². The third-order valence-corrected chi connectivity index (χ3v) is 5.00. The monoisotopic (exact) mass is 388 g/mol. The van der Waals surface area contributed by atoms with Gasteiger partial charge in [0.15, 0.2) is 0 Å². The van der Waals surface area contributed by atoms with E-state index in [1.807, 2.05) is 54.0 Å². The SMILES string of the molecule is CC(NC(=O)Cn1c(NCCO)nc2ccccc21)c1ccc2ccccc2c1. The first-order valence-corrected chi connectivity index (χ1v) is 9.74. The Balaban J connectivity index is 1.52. The Labute approximate surface area is 169 Å². The Morgan fingerprint density at radius 3 is 2.66 bits per heavy atom. The van der Waals surface area contributed by atoms with E-state index in [0.717, 1.165) is 22.0 Å². The summed E-state index contributed by atoms with van der Waals surface area (Å²) in [4.78, 5) is 17.3. The molecule has 29 heavy (non-hydrogen) atoms. The van der Waals surface area contributed by atoms with Gasteiger partial charge in [-0.1, -0.05) is 48.5 Å². The standard InChI is InChI=1S/C23H24N4O2/c1-16(18-11-10-17-6-2-3-7-19(17)14-18)25-22(29)15-27-21-9-5-4-8-20(21)26-23(27)24-12-13-28/h2-11,14,16,28H,12-13,15H2,1H3,(H,24,26)(H,25,29).